The molecule has 0 aliphatic carbocycles. The molecule has 0 bridgehead atoms. The van der Waals surface area contributed by atoms with Gasteiger partial charge < -0.3 is 15.2 Å². The number of hydrogen-bond acceptors (Lipinski definition) is 3. The second-order valence-corrected chi connectivity index (χ2v) is 3.02. The van der Waals surface area contributed by atoms with Gasteiger partial charge in [-0.05, 0) is 24.1 Å². The van der Waals surface area contributed by atoms with Gasteiger partial charge in [0.2, 0.25) is 0 Å². The maximum absolute atomic E-state index is 5.36. The molecule has 0 unspecified atom stereocenters. The maximum atomic E-state index is 5.36. The van der Waals surface area contributed by atoms with Crippen molar-refractivity contribution >= 4 is 0 Å². The third-order valence-corrected chi connectivity index (χ3v) is 1.90. The molecule has 0 radical (unpaired) electrons. The van der Waals surface area contributed by atoms with E-state index < -0.39 is 0 Å². The van der Waals surface area contributed by atoms with Crippen LogP contribution in [0.15, 0.2) is 24.3 Å². The third-order valence-electron chi connectivity index (χ3n) is 1.90. The molecule has 0 aliphatic rings. The first-order valence-corrected chi connectivity index (χ1v) is 4.77. The highest BCUT2D eigenvalue weighted by atomic mass is 16.5. The van der Waals surface area contributed by atoms with Gasteiger partial charge in [-0.3, -0.25) is 0 Å². The Morgan fingerprint density at radius 1 is 1.14 bits per heavy atom. The zero-order valence-electron chi connectivity index (χ0n) is 8.53. The summed E-state index contributed by atoms with van der Waals surface area (Å²) in [7, 11) is 1.71. The molecule has 0 aliphatic heterocycles. The summed E-state index contributed by atoms with van der Waals surface area (Å²) in [5.41, 5.74) is 6.59. The van der Waals surface area contributed by atoms with E-state index in [0.717, 1.165) is 18.8 Å². The van der Waals surface area contributed by atoms with Crippen LogP contribution in [0.3, 0.4) is 0 Å². The monoisotopic (exact) mass is 195 g/mol. The average Bonchev–Trinajstić information content (AvgIpc) is 2.25. The van der Waals surface area contributed by atoms with E-state index in [4.69, 9.17) is 15.2 Å². The molecule has 0 aromatic heterocycles. The number of benzene rings is 1. The predicted octanol–water partition coefficient (Wildman–Crippen LogP) is 1.21. The van der Waals surface area contributed by atoms with Gasteiger partial charge >= 0.3 is 0 Å². The SMILES string of the molecule is COCCc1ccc(OCCN)cc1. The minimum Gasteiger partial charge on any atom is -0.492 e. The van der Waals surface area contributed by atoms with Crippen LogP contribution < -0.4 is 10.5 Å². The summed E-state index contributed by atoms with van der Waals surface area (Å²) >= 11 is 0. The quantitative estimate of drug-likeness (QED) is 0.742. The molecular formula is C11H17NO2. The molecule has 14 heavy (non-hydrogen) atoms. The van der Waals surface area contributed by atoms with Crippen molar-refractivity contribution in [2.24, 2.45) is 5.73 Å². The van der Waals surface area contributed by atoms with Crippen molar-refractivity contribution in [3.63, 3.8) is 0 Å². The fraction of sp³-hybridized carbons (Fsp3) is 0.455. The van der Waals surface area contributed by atoms with E-state index in [2.05, 4.69) is 0 Å². The van der Waals surface area contributed by atoms with Gasteiger partial charge in [-0.25, -0.2) is 0 Å². The van der Waals surface area contributed by atoms with Crippen LogP contribution in [0.2, 0.25) is 0 Å². The van der Waals surface area contributed by atoms with Gasteiger partial charge in [-0.2, -0.15) is 0 Å². The van der Waals surface area contributed by atoms with Gasteiger partial charge in [0.1, 0.15) is 12.4 Å². The van der Waals surface area contributed by atoms with E-state index in [-0.39, 0.29) is 0 Å². The Morgan fingerprint density at radius 3 is 2.43 bits per heavy atom. The number of rotatable bonds is 6. The molecule has 0 saturated heterocycles. The first kappa shape index (κ1) is 11.0. The van der Waals surface area contributed by atoms with E-state index in [1.54, 1.807) is 7.11 Å². The lowest BCUT2D eigenvalue weighted by Gasteiger charge is -2.05. The first-order valence-electron chi connectivity index (χ1n) is 4.77. The number of nitrogens with two attached hydrogens (primary N) is 1. The molecule has 0 saturated carbocycles. The zero-order valence-corrected chi connectivity index (χ0v) is 8.53. The van der Waals surface area contributed by atoms with Crippen LogP contribution in [0, 0.1) is 0 Å². The van der Waals surface area contributed by atoms with Crippen molar-refractivity contribution in [2.45, 2.75) is 6.42 Å². The maximum Gasteiger partial charge on any atom is 0.119 e. The van der Waals surface area contributed by atoms with Gasteiger partial charge in [-0.1, -0.05) is 12.1 Å². The van der Waals surface area contributed by atoms with Crippen LogP contribution in [0.4, 0.5) is 0 Å². The van der Waals surface area contributed by atoms with Crippen molar-refractivity contribution in [3.05, 3.63) is 29.8 Å². The Hall–Kier alpha value is -1.06. The van der Waals surface area contributed by atoms with E-state index >= 15 is 0 Å². The lowest BCUT2D eigenvalue weighted by molar-refractivity contribution is 0.202. The topological polar surface area (TPSA) is 44.5 Å². The van der Waals surface area contributed by atoms with E-state index in [9.17, 15) is 0 Å². The standard InChI is InChI=1S/C11H17NO2/c1-13-8-6-10-2-4-11(5-3-10)14-9-7-12/h2-5H,6-9,12H2,1H3. The lowest BCUT2D eigenvalue weighted by atomic mass is 10.1. The molecular weight excluding hydrogens is 178 g/mol. The summed E-state index contributed by atoms with van der Waals surface area (Å²) in [5.74, 6) is 0.872. The average molecular weight is 195 g/mol. The normalized spacial score (nSPS) is 10.1. The van der Waals surface area contributed by atoms with Gasteiger partial charge in [0.05, 0.1) is 6.61 Å². The van der Waals surface area contributed by atoms with Crippen LogP contribution in [-0.2, 0) is 11.2 Å². The summed E-state index contributed by atoms with van der Waals surface area (Å²) in [4.78, 5) is 0. The Kier molecular flexibility index (Phi) is 5.04. The molecule has 78 valence electrons. The molecule has 2 N–H and O–H groups in total. The van der Waals surface area contributed by atoms with Crippen LogP contribution >= 0.6 is 0 Å². The molecule has 3 heteroatoms. The highest BCUT2D eigenvalue weighted by molar-refractivity contribution is 5.27. The number of hydrogen-bond donors (Lipinski definition) is 1. The Labute approximate surface area is 84.8 Å². The van der Waals surface area contributed by atoms with Crippen LogP contribution in [0.5, 0.6) is 5.75 Å². The van der Waals surface area contributed by atoms with Gasteiger partial charge in [-0.15, -0.1) is 0 Å². The first-order chi connectivity index (χ1) is 6.86. The Balaban J connectivity index is 2.42. The minimum absolute atomic E-state index is 0.547. The molecule has 0 atom stereocenters. The van der Waals surface area contributed by atoms with Crippen LogP contribution in [-0.4, -0.2) is 26.9 Å². The highest BCUT2D eigenvalue weighted by Crippen LogP contribution is 2.12. The summed E-state index contributed by atoms with van der Waals surface area (Å²) in [6.45, 7) is 1.87. The van der Waals surface area contributed by atoms with Gasteiger partial charge in [0.15, 0.2) is 0 Å². The van der Waals surface area contributed by atoms with Crippen molar-refractivity contribution in [2.75, 3.05) is 26.9 Å². The fourth-order valence-corrected chi connectivity index (χ4v) is 1.15. The Bertz CT molecular complexity index is 219. The van der Waals surface area contributed by atoms with Crippen molar-refractivity contribution in [1.29, 1.82) is 0 Å². The molecule has 1 aromatic carbocycles. The molecule has 1 aromatic rings. The largest absolute Gasteiger partial charge is 0.492 e. The smallest absolute Gasteiger partial charge is 0.119 e. The molecule has 0 heterocycles. The van der Waals surface area contributed by atoms with Gasteiger partial charge in [0, 0.05) is 13.7 Å². The molecule has 0 amide bonds. The van der Waals surface area contributed by atoms with Crippen molar-refractivity contribution < 1.29 is 9.47 Å². The third kappa shape index (κ3) is 3.77. The molecule has 0 fully saturated rings. The predicted molar refractivity (Wildman–Crippen MR) is 56.6 cm³/mol. The van der Waals surface area contributed by atoms with Crippen molar-refractivity contribution in [3.8, 4) is 5.75 Å². The summed E-state index contributed by atoms with van der Waals surface area (Å²) in [5, 5.41) is 0. The highest BCUT2D eigenvalue weighted by Gasteiger charge is 1.94. The van der Waals surface area contributed by atoms with E-state index in [0.29, 0.717) is 13.2 Å². The molecule has 3 nitrogen and oxygen atoms in total. The summed E-state index contributed by atoms with van der Waals surface area (Å²) in [6.07, 6.45) is 0.938. The van der Waals surface area contributed by atoms with Crippen molar-refractivity contribution in [1.82, 2.24) is 0 Å². The molecule has 0 spiro atoms. The fourth-order valence-electron chi connectivity index (χ4n) is 1.15. The Morgan fingerprint density at radius 2 is 1.86 bits per heavy atom. The van der Waals surface area contributed by atoms with Crippen LogP contribution in [0.25, 0.3) is 0 Å². The minimum atomic E-state index is 0.547. The second-order valence-electron chi connectivity index (χ2n) is 3.02. The lowest BCUT2D eigenvalue weighted by Crippen LogP contribution is -2.10. The number of ether oxygens (including phenoxy) is 2. The van der Waals surface area contributed by atoms with Crippen LogP contribution in [0.1, 0.15) is 5.56 Å². The van der Waals surface area contributed by atoms with E-state index in [1.807, 2.05) is 24.3 Å². The summed E-state index contributed by atoms with van der Waals surface area (Å²) < 4.78 is 10.4. The van der Waals surface area contributed by atoms with Gasteiger partial charge in [0.25, 0.3) is 0 Å². The number of methoxy groups -OCH3 is 1. The second kappa shape index (κ2) is 6.40. The zero-order chi connectivity index (χ0) is 10.2. The van der Waals surface area contributed by atoms with E-state index in [1.165, 1.54) is 5.56 Å². The molecule has 1 rings (SSSR count). The summed E-state index contributed by atoms with van der Waals surface area (Å²) in [6, 6.07) is 8.01.